The van der Waals surface area contributed by atoms with Crippen molar-refractivity contribution in [2.24, 2.45) is 0 Å². The van der Waals surface area contributed by atoms with Gasteiger partial charge in [0, 0.05) is 19.3 Å². The number of rotatable bonds is 52. The molecular formula is C63H108O6. The van der Waals surface area contributed by atoms with E-state index >= 15 is 0 Å². The summed E-state index contributed by atoms with van der Waals surface area (Å²) >= 11 is 0. The molecule has 0 spiro atoms. The molecule has 0 aliphatic heterocycles. The highest BCUT2D eigenvalue weighted by molar-refractivity contribution is 5.71. The van der Waals surface area contributed by atoms with E-state index in [0.717, 1.165) is 135 Å². The summed E-state index contributed by atoms with van der Waals surface area (Å²) in [5, 5.41) is 0. The predicted octanol–water partition coefficient (Wildman–Crippen LogP) is 19.5. The molecule has 0 aromatic heterocycles. The van der Waals surface area contributed by atoms with E-state index in [1.54, 1.807) is 0 Å². The minimum atomic E-state index is -0.796. The number of carbonyl (C=O) groups excluding carboxylic acids is 3. The molecule has 0 radical (unpaired) electrons. The second kappa shape index (κ2) is 57.2. The zero-order chi connectivity index (χ0) is 50.0. The molecule has 0 saturated carbocycles. The summed E-state index contributed by atoms with van der Waals surface area (Å²) < 4.78 is 16.9. The van der Waals surface area contributed by atoms with Gasteiger partial charge in [0.2, 0.25) is 0 Å². The summed E-state index contributed by atoms with van der Waals surface area (Å²) in [5.74, 6) is -0.924. The Bertz CT molecular complexity index is 1330. The van der Waals surface area contributed by atoms with Gasteiger partial charge in [-0.25, -0.2) is 0 Å². The van der Waals surface area contributed by atoms with Gasteiger partial charge in [0.15, 0.2) is 6.10 Å². The summed E-state index contributed by atoms with van der Waals surface area (Å²) in [7, 11) is 0. The topological polar surface area (TPSA) is 78.9 Å². The Morgan fingerprint density at radius 3 is 0.884 bits per heavy atom. The van der Waals surface area contributed by atoms with Crippen molar-refractivity contribution in [2.75, 3.05) is 13.2 Å². The van der Waals surface area contributed by atoms with Gasteiger partial charge in [-0.15, -0.1) is 0 Å². The van der Waals surface area contributed by atoms with E-state index < -0.39 is 6.10 Å². The van der Waals surface area contributed by atoms with Gasteiger partial charge >= 0.3 is 17.9 Å². The first-order valence-electron chi connectivity index (χ1n) is 29.1. The maximum absolute atomic E-state index is 12.9. The molecule has 1 atom stereocenters. The maximum atomic E-state index is 12.9. The van der Waals surface area contributed by atoms with Crippen LogP contribution in [0.15, 0.2) is 85.1 Å². The van der Waals surface area contributed by atoms with E-state index in [1.807, 2.05) is 0 Å². The van der Waals surface area contributed by atoms with Crippen molar-refractivity contribution in [3.05, 3.63) is 85.1 Å². The van der Waals surface area contributed by atoms with Crippen LogP contribution in [0.4, 0.5) is 0 Å². The van der Waals surface area contributed by atoms with Gasteiger partial charge in [-0.05, 0) is 89.9 Å². The molecule has 6 nitrogen and oxygen atoms in total. The number of ether oxygens (including phenoxy) is 3. The average Bonchev–Trinajstić information content (AvgIpc) is 3.35. The second-order valence-electron chi connectivity index (χ2n) is 19.1. The molecule has 6 heteroatoms. The number of carbonyl (C=O) groups is 3. The average molecular weight is 962 g/mol. The van der Waals surface area contributed by atoms with Crippen LogP contribution < -0.4 is 0 Å². The van der Waals surface area contributed by atoms with Crippen LogP contribution in [0, 0.1) is 0 Å². The summed E-state index contributed by atoms with van der Waals surface area (Å²) in [6.45, 7) is 6.40. The first-order valence-corrected chi connectivity index (χ1v) is 29.1. The number of unbranched alkanes of at least 4 members (excludes halogenated alkanes) is 27. The molecule has 0 aliphatic carbocycles. The molecular weight excluding hydrogens is 853 g/mol. The van der Waals surface area contributed by atoms with Crippen LogP contribution >= 0.6 is 0 Å². The molecule has 69 heavy (non-hydrogen) atoms. The predicted molar refractivity (Wildman–Crippen MR) is 297 cm³/mol. The fourth-order valence-corrected chi connectivity index (χ4v) is 8.10. The van der Waals surface area contributed by atoms with E-state index in [0.29, 0.717) is 19.3 Å². The molecule has 0 unspecified atom stereocenters. The van der Waals surface area contributed by atoms with Gasteiger partial charge in [-0.1, -0.05) is 254 Å². The Morgan fingerprint density at radius 2 is 0.565 bits per heavy atom. The second-order valence-corrected chi connectivity index (χ2v) is 19.1. The number of allylic oxidation sites excluding steroid dienone is 14. The zero-order valence-electron chi connectivity index (χ0n) is 45.3. The lowest BCUT2D eigenvalue weighted by Crippen LogP contribution is -2.30. The van der Waals surface area contributed by atoms with Crippen molar-refractivity contribution in [3.63, 3.8) is 0 Å². The Kier molecular flexibility index (Phi) is 54.3. The van der Waals surface area contributed by atoms with Crippen molar-refractivity contribution >= 4 is 17.9 Å². The molecule has 0 saturated heterocycles. The molecule has 0 aromatic carbocycles. The molecule has 396 valence electrons. The van der Waals surface area contributed by atoms with E-state index in [2.05, 4.69) is 106 Å². The van der Waals surface area contributed by atoms with Crippen molar-refractivity contribution in [1.82, 2.24) is 0 Å². The highest BCUT2D eigenvalue weighted by Crippen LogP contribution is 2.16. The van der Waals surface area contributed by atoms with Gasteiger partial charge in [0.25, 0.3) is 0 Å². The van der Waals surface area contributed by atoms with Gasteiger partial charge in [0.05, 0.1) is 0 Å². The third-order valence-electron chi connectivity index (χ3n) is 12.4. The van der Waals surface area contributed by atoms with E-state index in [9.17, 15) is 14.4 Å². The summed E-state index contributed by atoms with van der Waals surface area (Å²) in [5.41, 5.74) is 0. The monoisotopic (exact) mass is 961 g/mol. The van der Waals surface area contributed by atoms with Gasteiger partial charge in [-0.2, -0.15) is 0 Å². The zero-order valence-corrected chi connectivity index (χ0v) is 45.3. The fourth-order valence-electron chi connectivity index (χ4n) is 8.10. The largest absolute Gasteiger partial charge is 0.462 e. The van der Waals surface area contributed by atoms with Crippen molar-refractivity contribution in [2.45, 2.75) is 284 Å². The SMILES string of the molecule is CC/C=C\C/C=C\C/C=C\C/C=C\CCCCCCC(=O)O[C@H](COC(=O)CCCCCCC/C=C\C/C=C\C/C=C\CC)COC(=O)CCCCCCCCCCCCCCCCCCCCC. The molecule has 0 fully saturated rings. The highest BCUT2D eigenvalue weighted by atomic mass is 16.6. The lowest BCUT2D eigenvalue weighted by Gasteiger charge is -2.18. The van der Waals surface area contributed by atoms with Gasteiger partial charge < -0.3 is 14.2 Å². The Hall–Kier alpha value is -3.41. The van der Waals surface area contributed by atoms with Crippen LogP contribution in [0.2, 0.25) is 0 Å². The first kappa shape index (κ1) is 65.6. The Labute approximate surface area is 426 Å². The molecule has 0 aliphatic rings. The minimum Gasteiger partial charge on any atom is -0.462 e. The number of hydrogen-bond acceptors (Lipinski definition) is 6. The van der Waals surface area contributed by atoms with Crippen molar-refractivity contribution in [3.8, 4) is 0 Å². The maximum Gasteiger partial charge on any atom is 0.306 e. The number of esters is 3. The molecule has 0 aromatic rings. The standard InChI is InChI=1S/C63H108O6/c1-4-7-10-13-16-19-22-25-28-30-31-33-35-38-41-44-47-50-53-56-62(65)68-59-60(58-67-61(64)55-52-49-46-43-40-37-34-27-24-21-18-15-12-9-6-3)69-63(66)57-54-51-48-45-42-39-36-32-29-26-23-20-17-14-11-8-5-2/h8-9,11-12,17-18,20-21,26-27,29,34,36,39,60H,4-7,10,13-16,19,22-25,28,30-33,35,37-38,40-59H2,1-3H3/b11-8-,12-9-,20-17-,21-18-,29-26-,34-27-,39-36-/t60-/m1/s1. The van der Waals surface area contributed by atoms with E-state index in [1.165, 1.54) is 103 Å². The van der Waals surface area contributed by atoms with Crippen LogP contribution in [0.25, 0.3) is 0 Å². The van der Waals surface area contributed by atoms with Crippen LogP contribution in [0.3, 0.4) is 0 Å². The number of hydrogen-bond donors (Lipinski definition) is 0. The third kappa shape index (κ3) is 55.4. The lowest BCUT2D eigenvalue weighted by atomic mass is 10.0. The lowest BCUT2D eigenvalue weighted by molar-refractivity contribution is -0.167. The van der Waals surface area contributed by atoms with Crippen LogP contribution in [-0.2, 0) is 28.6 Å². The highest BCUT2D eigenvalue weighted by Gasteiger charge is 2.19. The molecule has 0 amide bonds. The Balaban J connectivity index is 4.42. The smallest absolute Gasteiger partial charge is 0.306 e. The summed E-state index contributed by atoms with van der Waals surface area (Å²) in [6.07, 6.45) is 74.3. The molecule has 0 rings (SSSR count). The summed E-state index contributed by atoms with van der Waals surface area (Å²) in [6, 6.07) is 0. The van der Waals surface area contributed by atoms with Gasteiger partial charge in [0.1, 0.15) is 13.2 Å². The van der Waals surface area contributed by atoms with E-state index in [-0.39, 0.29) is 31.1 Å². The quantitative estimate of drug-likeness (QED) is 0.0262. The third-order valence-corrected chi connectivity index (χ3v) is 12.4. The van der Waals surface area contributed by atoms with Gasteiger partial charge in [-0.3, -0.25) is 14.4 Å². The molecule has 0 bridgehead atoms. The van der Waals surface area contributed by atoms with E-state index in [4.69, 9.17) is 14.2 Å². The molecule has 0 N–H and O–H groups in total. The minimum absolute atomic E-state index is 0.0904. The van der Waals surface area contributed by atoms with Crippen LogP contribution in [-0.4, -0.2) is 37.2 Å². The fraction of sp³-hybridized carbons (Fsp3) is 0.730. The normalized spacial score (nSPS) is 12.7. The Morgan fingerprint density at radius 1 is 0.304 bits per heavy atom. The first-order chi connectivity index (χ1) is 34.0. The van der Waals surface area contributed by atoms with Crippen molar-refractivity contribution in [1.29, 1.82) is 0 Å². The van der Waals surface area contributed by atoms with Crippen LogP contribution in [0.1, 0.15) is 278 Å². The summed E-state index contributed by atoms with van der Waals surface area (Å²) in [4.78, 5) is 38.2. The van der Waals surface area contributed by atoms with Crippen molar-refractivity contribution < 1.29 is 28.6 Å². The van der Waals surface area contributed by atoms with Crippen LogP contribution in [0.5, 0.6) is 0 Å². The molecule has 0 heterocycles.